The molecule has 3 aliphatic heterocycles. The van der Waals surface area contributed by atoms with Crippen LogP contribution in [0.1, 0.15) is 43.6 Å². The van der Waals surface area contributed by atoms with Crippen molar-refractivity contribution in [3.63, 3.8) is 0 Å². The van der Waals surface area contributed by atoms with E-state index in [1.165, 1.54) is 25.7 Å². The Kier molecular flexibility index (Phi) is 7.76. The zero-order chi connectivity index (χ0) is 16.5. The molecule has 0 aliphatic carbocycles. The van der Waals surface area contributed by atoms with Crippen molar-refractivity contribution in [2.75, 3.05) is 26.2 Å². The minimum Gasteiger partial charge on any atom is -0.361 e. The maximum absolute atomic E-state index is 12.6. The molecule has 3 aliphatic rings. The van der Waals surface area contributed by atoms with Crippen molar-refractivity contribution in [3.8, 4) is 0 Å². The standard InChI is InChI=1S/C18H28N4O2.2ClH/c1-13-8-17(20-24-13)12-21-4-6-22(7-5-21)18(23)11-14-9-15-2-3-16(10-14)19-15;;/h8,14-16,19H,2-7,9-12H2,1H3;2*1H. The molecule has 1 N–H and O–H groups in total. The fraction of sp³-hybridized carbons (Fsp3) is 0.778. The zero-order valence-corrected chi connectivity index (χ0v) is 17.0. The van der Waals surface area contributed by atoms with Gasteiger partial charge in [-0.2, -0.15) is 0 Å². The van der Waals surface area contributed by atoms with Crippen molar-refractivity contribution < 1.29 is 9.32 Å². The molecular formula is C18H30Cl2N4O2. The van der Waals surface area contributed by atoms with Gasteiger partial charge in [-0.05, 0) is 38.5 Å². The van der Waals surface area contributed by atoms with Crippen LogP contribution in [0.2, 0.25) is 0 Å². The van der Waals surface area contributed by atoms with E-state index in [0.717, 1.165) is 50.6 Å². The number of amides is 1. The number of carbonyl (C=O) groups is 1. The summed E-state index contributed by atoms with van der Waals surface area (Å²) in [6, 6.07) is 3.33. The highest BCUT2D eigenvalue weighted by molar-refractivity contribution is 5.85. The Morgan fingerprint density at radius 1 is 1.19 bits per heavy atom. The van der Waals surface area contributed by atoms with Gasteiger partial charge in [0.2, 0.25) is 5.91 Å². The summed E-state index contributed by atoms with van der Waals surface area (Å²) in [5.74, 6) is 1.81. The first-order valence-electron chi connectivity index (χ1n) is 9.34. The minimum atomic E-state index is 0. The van der Waals surface area contributed by atoms with Gasteiger partial charge in [-0.25, -0.2) is 0 Å². The van der Waals surface area contributed by atoms with Crippen molar-refractivity contribution in [1.29, 1.82) is 0 Å². The van der Waals surface area contributed by atoms with Crippen molar-refractivity contribution in [2.24, 2.45) is 5.92 Å². The van der Waals surface area contributed by atoms with Crippen LogP contribution in [-0.4, -0.2) is 59.1 Å². The van der Waals surface area contributed by atoms with Crippen LogP contribution in [-0.2, 0) is 11.3 Å². The quantitative estimate of drug-likeness (QED) is 0.834. The number of halogens is 2. The molecule has 0 saturated carbocycles. The van der Waals surface area contributed by atoms with Gasteiger partial charge in [0, 0.05) is 57.3 Å². The van der Waals surface area contributed by atoms with E-state index in [0.29, 0.717) is 23.9 Å². The monoisotopic (exact) mass is 404 g/mol. The second-order valence-corrected chi connectivity index (χ2v) is 7.77. The largest absolute Gasteiger partial charge is 0.361 e. The number of aryl methyl sites for hydroxylation is 1. The highest BCUT2D eigenvalue weighted by Crippen LogP contribution is 2.33. The molecular weight excluding hydrogens is 375 g/mol. The second kappa shape index (κ2) is 9.40. The van der Waals surface area contributed by atoms with Gasteiger partial charge in [-0.1, -0.05) is 5.16 Å². The van der Waals surface area contributed by atoms with E-state index >= 15 is 0 Å². The van der Waals surface area contributed by atoms with Gasteiger partial charge >= 0.3 is 0 Å². The van der Waals surface area contributed by atoms with Gasteiger partial charge in [0.1, 0.15) is 5.76 Å². The molecule has 3 saturated heterocycles. The molecule has 1 amide bonds. The van der Waals surface area contributed by atoms with Crippen molar-refractivity contribution in [2.45, 2.75) is 57.7 Å². The average molecular weight is 405 g/mol. The number of carbonyl (C=O) groups excluding carboxylic acids is 1. The molecule has 26 heavy (non-hydrogen) atoms. The Balaban J connectivity index is 0.00000121. The SMILES string of the molecule is Cc1cc(CN2CCN(C(=O)CC3CC4CCC(C3)N4)CC2)no1.Cl.Cl. The van der Waals surface area contributed by atoms with Crippen LogP contribution >= 0.6 is 24.8 Å². The van der Waals surface area contributed by atoms with Crippen molar-refractivity contribution in [3.05, 3.63) is 17.5 Å². The number of fused-ring (bicyclic) bond motifs is 2. The van der Waals surface area contributed by atoms with Gasteiger partial charge in [0.15, 0.2) is 0 Å². The first kappa shape index (κ1) is 21.5. The van der Waals surface area contributed by atoms with E-state index in [1.807, 2.05) is 13.0 Å². The van der Waals surface area contributed by atoms with Crippen molar-refractivity contribution >= 4 is 30.7 Å². The predicted octanol–water partition coefficient (Wildman–Crippen LogP) is 2.39. The lowest BCUT2D eigenvalue weighted by atomic mass is 9.89. The Morgan fingerprint density at radius 3 is 2.42 bits per heavy atom. The number of rotatable bonds is 4. The lowest BCUT2D eigenvalue weighted by Gasteiger charge is -2.36. The Labute approximate surface area is 167 Å². The summed E-state index contributed by atoms with van der Waals surface area (Å²) in [6.45, 7) is 6.27. The summed E-state index contributed by atoms with van der Waals surface area (Å²) in [7, 11) is 0. The number of aromatic nitrogens is 1. The number of piperidine rings is 1. The summed E-state index contributed by atoms with van der Waals surface area (Å²) in [6.07, 6.45) is 5.73. The minimum absolute atomic E-state index is 0. The van der Waals surface area contributed by atoms with E-state index < -0.39 is 0 Å². The maximum Gasteiger partial charge on any atom is 0.222 e. The molecule has 0 aromatic carbocycles. The molecule has 6 nitrogen and oxygen atoms in total. The second-order valence-electron chi connectivity index (χ2n) is 7.77. The van der Waals surface area contributed by atoms with Crippen LogP contribution in [0.4, 0.5) is 0 Å². The van der Waals surface area contributed by atoms with Crippen molar-refractivity contribution in [1.82, 2.24) is 20.3 Å². The van der Waals surface area contributed by atoms with E-state index in [2.05, 4.69) is 20.3 Å². The first-order chi connectivity index (χ1) is 11.7. The Morgan fingerprint density at radius 2 is 1.85 bits per heavy atom. The molecule has 0 radical (unpaired) electrons. The molecule has 2 unspecified atom stereocenters. The summed E-state index contributed by atoms with van der Waals surface area (Å²) in [5, 5.41) is 7.72. The summed E-state index contributed by atoms with van der Waals surface area (Å²) in [4.78, 5) is 17.0. The van der Waals surface area contributed by atoms with Crippen LogP contribution in [0.5, 0.6) is 0 Å². The summed E-state index contributed by atoms with van der Waals surface area (Å²) < 4.78 is 5.13. The van der Waals surface area contributed by atoms with Crippen LogP contribution in [0.25, 0.3) is 0 Å². The Bertz CT molecular complexity index is 578. The summed E-state index contributed by atoms with van der Waals surface area (Å²) in [5.41, 5.74) is 0.984. The predicted molar refractivity (Wildman–Crippen MR) is 105 cm³/mol. The Hall–Kier alpha value is -0.820. The number of hydrogen-bond donors (Lipinski definition) is 1. The zero-order valence-electron chi connectivity index (χ0n) is 15.4. The molecule has 4 heterocycles. The molecule has 1 aromatic heterocycles. The molecule has 2 atom stereocenters. The fourth-order valence-electron chi connectivity index (χ4n) is 4.59. The highest BCUT2D eigenvalue weighted by Gasteiger charge is 2.35. The normalized spacial score (nSPS) is 28.3. The average Bonchev–Trinajstić information content (AvgIpc) is 3.13. The van der Waals surface area contributed by atoms with Gasteiger partial charge in [-0.15, -0.1) is 24.8 Å². The number of piperazine rings is 1. The summed E-state index contributed by atoms with van der Waals surface area (Å²) >= 11 is 0. The molecule has 8 heteroatoms. The van der Waals surface area contributed by atoms with Gasteiger partial charge < -0.3 is 14.7 Å². The fourth-order valence-corrected chi connectivity index (χ4v) is 4.59. The van der Waals surface area contributed by atoms with E-state index in [9.17, 15) is 4.79 Å². The molecule has 3 fully saturated rings. The maximum atomic E-state index is 12.6. The van der Waals surface area contributed by atoms with Crippen LogP contribution in [0.3, 0.4) is 0 Å². The molecule has 1 aromatic rings. The molecule has 2 bridgehead atoms. The number of hydrogen-bond acceptors (Lipinski definition) is 5. The van der Waals surface area contributed by atoms with E-state index in [1.54, 1.807) is 0 Å². The van der Waals surface area contributed by atoms with Gasteiger partial charge in [0.25, 0.3) is 0 Å². The van der Waals surface area contributed by atoms with Gasteiger partial charge in [0.05, 0.1) is 5.69 Å². The topological polar surface area (TPSA) is 61.6 Å². The number of nitrogens with zero attached hydrogens (tertiary/aromatic N) is 3. The third-order valence-corrected chi connectivity index (χ3v) is 5.82. The highest BCUT2D eigenvalue weighted by atomic mass is 35.5. The third kappa shape index (κ3) is 5.12. The lowest BCUT2D eigenvalue weighted by molar-refractivity contribution is -0.134. The molecule has 4 rings (SSSR count). The van der Waals surface area contributed by atoms with Gasteiger partial charge in [-0.3, -0.25) is 9.69 Å². The van der Waals surface area contributed by atoms with E-state index in [4.69, 9.17) is 4.52 Å². The van der Waals surface area contributed by atoms with Crippen LogP contribution in [0.15, 0.2) is 10.6 Å². The van der Waals surface area contributed by atoms with Crippen LogP contribution < -0.4 is 5.32 Å². The third-order valence-electron chi connectivity index (χ3n) is 5.82. The smallest absolute Gasteiger partial charge is 0.222 e. The van der Waals surface area contributed by atoms with E-state index in [-0.39, 0.29) is 24.8 Å². The first-order valence-corrected chi connectivity index (χ1v) is 9.34. The molecule has 0 spiro atoms. The molecule has 148 valence electrons. The number of nitrogens with one attached hydrogen (secondary N) is 1. The lowest BCUT2D eigenvalue weighted by Crippen LogP contribution is -2.49. The van der Waals surface area contributed by atoms with Crippen LogP contribution in [0, 0.1) is 12.8 Å².